The molecule has 1 unspecified atom stereocenters. The Morgan fingerprint density at radius 3 is 3.17 bits per heavy atom. The highest BCUT2D eigenvalue weighted by Crippen LogP contribution is 2.11. The van der Waals surface area contributed by atoms with Gasteiger partial charge in [-0.3, -0.25) is 9.20 Å². The number of aliphatic hydroxyl groups is 1. The Kier molecular flexibility index (Phi) is 4.33. The number of carbonyl (C=O) groups is 1. The average molecular weight is 267 g/mol. The molecule has 2 aromatic heterocycles. The van der Waals surface area contributed by atoms with Crippen molar-refractivity contribution in [2.75, 3.05) is 6.61 Å². The van der Waals surface area contributed by atoms with Crippen molar-refractivity contribution in [2.45, 2.75) is 32.2 Å². The summed E-state index contributed by atoms with van der Waals surface area (Å²) < 4.78 is 1.91. The van der Waals surface area contributed by atoms with Gasteiger partial charge in [0.1, 0.15) is 0 Å². The van der Waals surface area contributed by atoms with Crippen LogP contribution >= 0.6 is 11.3 Å². The van der Waals surface area contributed by atoms with Crippen LogP contribution in [0.4, 0.5) is 0 Å². The summed E-state index contributed by atoms with van der Waals surface area (Å²) in [6.45, 7) is 2.09. The number of nitrogens with one attached hydrogen (secondary N) is 1. The molecule has 6 heteroatoms. The van der Waals surface area contributed by atoms with Crippen molar-refractivity contribution in [1.82, 2.24) is 14.7 Å². The number of imidazole rings is 1. The Labute approximate surface area is 109 Å². The van der Waals surface area contributed by atoms with Crippen molar-refractivity contribution in [1.29, 1.82) is 0 Å². The summed E-state index contributed by atoms with van der Waals surface area (Å²) in [5, 5.41) is 13.7. The number of carbonyl (C=O) groups excluding carboxylic acids is 1. The first-order chi connectivity index (χ1) is 8.72. The van der Waals surface area contributed by atoms with E-state index in [1.54, 1.807) is 11.3 Å². The molecule has 2 N–H and O–H groups in total. The second kappa shape index (κ2) is 5.97. The molecule has 0 fully saturated rings. The highest BCUT2D eigenvalue weighted by atomic mass is 32.1. The minimum atomic E-state index is -0.0407. The predicted molar refractivity (Wildman–Crippen MR) is 70.7 cm³/mol. The van der Waals surface area contributed by atoms with Gasteiger partial charge in [-0.25, -0.2) is 4.98 Å². The van der Waals surface area contributed by atoms with Crippen LogP contribution in [0.25, 0.3) is 4.96 Å². The number of aliphatic hydroxyl groups excluding tert-OH is 1. The molecule has 5 nitrogen and oxygen atoms in total. The molecule has 0 aromatic carbocycles. The van der Waals surface area contributed by atoms with Crippen molar-refractivity contribution in [3.8, 4) is 0 Å². The number of amides is 1. The van der Waals surface area contributed by atoms with Crippen LogP contribution in [0.2, 0.25) is 0 Å². The number of hydrogen-bond donors (Lipinski definition) is 2. The molecule has 0 spiro atoms. The molecule has 0 aliphatic carbocycles. The zero-order chi connectivity index (χ0) is 13.0. The van der Waals surface area contributed by atoms with Gasteiger partial charge < -0.3 is 10.4 Å². The number of hydrogen-bond acceptors (Lipinski definition) is 4. The first kappa shape index (κ1) is 13.0. The highest BCUT2D eigenvalue weighted by Gasteiger charge is 2.12. The second-order valence-corrected chi connectivity index (χ2v) is 5.06. The summed E-state index contributed by atoms with van der Waals surface area (Å²) in [5.41, 5.74) is 0.776. The molecule has 2 heterocycles. The largest absolute Gasteiger partial charge is 0.396 e. The Morgan fingerprint density at radius 2 is 2.50 bits per heavy atom. The average Bonchev–Trinajstić information content (AvgIpc) is 2.88. The number of aromatic nitrogens is 2. The Bertz CT molecular complexity index is 492. The van der Waals surface area contributed by atoms with Crippen molar-refractivity contribution in [2.24, 2.45) is 0 Å². The van der Waals surface area contributed by atoms with E-state index in [1.165, 1.54) is 0 Å². The maximum atomic E-state index is 11.8. The third-order valence-corrected chi connectivity index (χ3v) is 3.59. The van der Waals surface area contributed by atoms with Gasteiger partial charge in [-0.05, 0) is 12.8 Å². The van der Waals surface area contributed by atoms with E-state index in [1.807, 2.05) is 29.1 Å². The minimum absolute atomic E-state index is 0.0407. The third-order valence-electron chi connectivity index (χ3n) is 2.82. The molecule has 1 amide bonds. The number of rotatable bonds is 6. The Hall–Kier alpha value is -1.40. The normalized spacial score (nSPS) is 12.8. The van der Waals surface area contributed by atoms with Crippen molar-refractivity contribution in [3.05, 3.63) is 23.5 Å². The van der Waals surface area contributed by atoms with Crippen LogP contribution in [0.5, 0.6) is 0 Å². The van der Waals surface area contributed by atoms with Crippen LogP contribution in [-0.2, 0) is 11.2 Å². The molecule has 98 valence electrons. The van der Waals surface area contributed by atoms with E-state index in [-0.39, 0.29) is 25.0 Å². The molecule has 1 atom stereocenters. The lowest BCUT2D eigenvalue weighted by molar-refractivity contribution is -0.121. The monoisotopic (exact) mass is 267 g/mol. The lowest BCUT2D eigenvalue weighted by Crippen LogP contribution is -2.36. The minimum Gasteiger partial charge on any atom is -0.396 e. The molecule has 0 radical (unpaired) electrons. The Morgan fingerprint density at radius 1 is 1.67 bits per heavy atom. The first-order valence-corrected chi connectivity index (χ1v) is 6.92. The van der Waals surface area contributed by atoms with Crippen LogP contribution in [-0.4, -0.2) is 33.0 Å². The van der Waals surface area contributed by atoms with Crippen LogP contribution in [0.1, 0.15) is 25.5 Å². The van der Waals surface area contributed by atoms with Crippen molar-refractivity contribution in [3.63, 3.8) is 0 Å². The molecule has 0 aliphatic heterocycles. The zero-order valence-electron chi connectivity index (χ0n) is 10.3. The summed E-state index contributed by atoms with van der Waals surface area (Å²) in [6, 6.07) is 0.0474. The predicted octanol–water partition coefficient (Wildman–Crippen LogP) is 1.22. The van der Waals surface area contributed by atoms with Crippen LogP contribution in [0.15, 0.2) is 17.8 Å². The smallest absolute Gasteiger partial charge is 0.226 e. The van der Waals surface area contributed by atoms with Crippen molar-refractivity contribution >= 4 is 22.2 Å². The fourth-order valence-electron chi connectivity index (χ4n) is 1.84. The first-order valence-electron chi connectivity index (χ1n) is 6.04. The summed E-state index contributed by atoms with van der Waals surface area (Å²) in [6.07, 6.45) is 5.51. The van der Waals surface area contributed by atoms with Gasteiger partial charge in [0, 0.05) is 30.4 Å². The van der Waals surface area contributed by atoms with Crippen LogP contribution in [0.3, 0.4) is 0 Å². The van der Waals surface area contributed by atoms with E-state index >= 15 is 0 Å². The van der Waals surface area contributed by atoms with Gasteiger partial charge in [-0.1, -0.05) is 6.92 Å². The summed E-state index contributed by atoms with van der Waals surface area (Å²) in [7, 11) is 0. The Balaban J connectivity index is 1.92. The second-order valence-electron chi connectivity index (χ2n) is 4.19. The molecule has 0 saturated carbocycles. The molecular weight excluding hydrogens is 250 g/mol. The molecule has 2 aromatic rings. The molecule has 2 rings (SSSR count). The van der Waals surface area contributed by atoms with Gasteiger partial charge in [-0.15, -0.1) is 11.3 Å². The summed E-state index contributed by atoms with van der Waals surface area (Å²) in [4.78, 5) is 17.1. The lowest BCUT2D eigenvalue weighted by Gasteiger charge is -2.14. The van der Waals surface area contributed by atoms with Gasteiger partial charge in [0.25, 0.3) is 0 Å². The number of fused-ring (bicyclic) bond motifs is 1. The topological polar surface area (TPSA) is 66.6 Å². The molecule has 0 saturated heterocycles. The van der Waals surface area contributed by atoms with Gasteiger partial charge in [-0.2, -0.15) is 0 Å². The molecule has 0 bridgehead atoms. The standard InChI is InChI=1S/C12H17N3O2S/c1-2-9(3-5-16)13-11(17)7-10-8-15-4-6-18-12(15)14-10/h4,6,8-9,16H,2-3,5,7H2,1H3,(H,13,17). The van der Waals surface area contributed by atoms with E-state index in [0.29, 0.717) is 6.42 Å². The van der Waals surface area contributed by atoms with E-state index in [0.717, 1.165) is 17.1 Å². The quantitative estimate of drug-likeness (QED) is 0.827. The SMILES string of the molecule is CCC(CCO)NC(=O)Cc1cn2ccsc2n1. The van der Waals surface area contributed by atoms with Crippen LogP contribution in [0, 0.1) is 0 Å². The summed E-state index contributed by atoms with van der Waals surface area (Å²) in [5.74, 6) is -0.0407. The number of nitrogens with zero attached hydrogens (tertiary/aromatic N) is 2. The van der Waals surface area contributed by atoms with Gasteiger partial charge in [0.05, 0.1) is 12.1 Å². The van der Waals surface area contributed by atoms with Gasteiger partial charge in [0.15, 0.2) is 4.96 Å². The zero-order valence-corrected chi connectivity index (χ0v) is 11.1. The molecule has 0 aliphatic rings. The fourth-order valence-corrected chi connectivity index (χ4v) is 2.56. The third kappa shape index (κ3) is 3.08. The maximum Gasteiger partial charge on any atom is 0.226 e. The fraction of sp³-hybridized carbons (Fsp3) is 0.500. The van der Waals surface area contributed by atoms with Gasteiger partial charge >= 0.3 is 0 Å². The van der Waals surface area contributed by atoms with Gasteiger partial charge in [0.2, 0.25) is 5.91 Å². The van der Waals surface area contributed by atoms with E-state index in [9.17, 15) is 4.79 Å². The van der Waals surface area contributed by atoms with E-state index in [4.69, 9.17) is 5.11 Å². The summed E-state index contributed by atoms with van der Waals surface area (Å²) >= 11 is 1.55. The maximum absolute atomic E-state index is 11.8. The molecular formula is C12H17N3O2S. The van der Waals surface area contributed by atoms with E-state index in [2.05, 4.69) is 10.3 Å². The van der Waals surface area contributed by atoms with E-state index < -0.39 is 0 Å². The molecule has 18 heavy (non-hydrogen) atoms. The van der Waals surface area contributed by atoms with Crippen molar-refractivity contribution < 1.29 is 9.90 Å². The van der Waals surface area contributed by atoms with Crippen LogP contribution < -0.4 is 5.32 Å². The lowest BCUT2D eigenvalue weighted by atomic mass is 10.1. The highest BCUT2D eigenvalue weighted by molar-refractivity contribution is 7.15. The number of thiazole rings is 1.